The average molecular weight is 452 g/mol. The number of fused-ring (bicyclic) bond motifs is 2. The molecule has 32 heavy (non-hydrogen) atoms. The number of benzene rings is 2. The highest BCUT2D eigenvalue weighted by Crippen LogP contribution is 2.36. The minimum Gasteiger partial charge on any atom is -0.494 e. The second-order valence-electron chi connectivity index (χ2n) is 7.82. The summed E-state index contributed by atoms with van der Waals surface area (Å²) in [6.07, 6.45) is 1.79. The Labute approximate surface area is 189 Å². The number of carbonyl (C=O) groups is 1. The molecule has 2 aliphatic rings. The van der Waals surface area contributed by atoms with E-state index < -0.39 is 0 Å². The Kier molecular flexibility index (Phi) is 5.55. The SMILES string of the molecule is O=C(CON=C1C(c2c(O)[nH]c3ccc(Cl)cc23)=Nc2ccccc21)NC1CCNCC1. The van der Waals surface area contributed by atoms with Crippen LogP contribution in [0, 0.1) is 0 Å². The van der Waals surface area contributed by atoms with Crippen LogP contribution in [0.4, 0.5) is 5.69 Å². The molecule has 5 rings (SSSR count). The number of H-pyrrole nitrogens is 1. The van der Waals surface area contributed by atoms with E-state index in [2.05, 4.69) is 25.8 Å². The van der Waals surface area contributed by atoms with E-state index in [9.17, 15) is 9.90 Å². The predicted molar refractivity (Wildman–Crippen MR) is 124 cm³/mol. The molecule has 0 bridgehead atoms. The number of nitrogens with one attached hydrogen (secondary N) is 3. The molecule has 0 atom stereocenters. The molecule has 8 nitrogen and oxygen atoms in total. The summed E-state index contributed by atoms with van der Waals surface area (Å²) in [6, 6.07) is 12.9. The minimum absolute atomic E-state index is 0.0369. The first-order valence-corrected chi connectivity index (χ1v) is 10.9. The van der Waals surface area contributed by atoms with E-state index in [1.165, 1.54) is 0 Å². The molecule has 3 aromatic rings. The summed E-state index contributed by atoms with van der Waals surface area (Å²) in [6.45, 7) is 1.58. The highest BCUT2D eigenvalue weighted by atomic mass is 35.5. The number of para-hydroxylation sites is 1. The summed E-state index contributed by atoms with van der Waals surface area (Å²) in [5.74, 6) is -0.252. The fraction of sp³-hybridized carbons (Fsp3) is 0.261. The van der Waals surface area contributed by atoms with Gasteiger partial charge in [-0.3, -0.25) is 4.79 Å². The van der Waals surface area contributed by atoms with Crippen LogP contribution in [0.1, 0.15) is 24.0 Å². The van der Waals surface area contributed by atoms with Crippen LogP contribution in [-0.4, -0.2) is 53.2 Å². The second-order valence-corrected chi connectivity index (χ2v) is 8.26. The van der Waals surface area contributed by atoms with Crippen LogP contribution in [0.15, 0.2) is 52.6 Å². The lowest BCUT2D eigenvalue weighted by molar-refractivity contribution is -0.126. The lowest BCUT2D eigenvalue weighted by Gasteiger charge is -2.23. The fourth-order valence-corrected chi connectivity index (χ4v) is 4.29. The van der Waals surface area contributed by atoms with Crippen LogP contribution in [0.5, 0.6) is 5.88 Å². The molecular formula is C23H22ClN5O3. The normalized spacial score (nSPS) is 17.4. The molecule has 2 aliphatic heterocycles. The third kappa shape index (κ3) is 3.94. The van der Waals surface area contributed by atoms with Crippen LogP contribution in [0.25, 0.3) is 10.9 Å². The molecule has 0 spiro atoms. The number of aliphatic imine (C=N–C) groups is 1. The van der Waals surface area contributed by atoms with Gasteiger partial charge in [-0.1, -0.05) is 35.0 Å². The van der Waals surface area contributed by atoms with Crippen molar-refractivity contribution in [3.63, 3.8) is 0 Å². The van der Waals surface area contributed by atoms with Crippen molar-refractivity contribution in [2.24, 2.45) is 10.1 Å². The van der Waals surface area contributed by atoms with Gasteiger partial charge in [0, 0.05) is 27.5 Å². The van der Waals surface area contributed by atoms with Crippen molar-refractivity contribution in [3.8, 4) is 5.88 Å². The third-order valence-electron chi connectivity index (χ3n) is 5.65. The molecule has 0 radical (unpaired) electrons. The maximum Gasteiger partial charge on any atom is 0.260 e. The average Bonchev–Trinajstić information content (AvgIpc) is 3.30. The van der Waals surface area contributed by atoms with Crippen molar-refractivity contribution >= 4 is 45.5 Å². The molecule has 3 heterocycles. The zero-order chi connectivity index (χ0) is 22.1. The van der Waals surface area contributed by atoms with Gasteiger partial charge >= 0.3 is 0 Å². The number of aromatic amines is 1. The Bertz CT molecular complexity index is 1240. The number of hydrogen-bond acceptors (Lipinski definition) is 6. The molecule has 1 saturated heterocycles. The van der Waals surface area contributed by atoms with Gasteiger partial charge < -0.3 is 25.6 Å². The van der Waals surface area contributed by atoms with Crippen molar-refractivity contribution in [1.29, 1.82) is 0 Å². The van der Waals surface area contributed by atoms with E-state index in [-0.39, 0.29) is 24.4 Å². The summed E-state index contributed by atoms with van der Waals surface area (Å²) in [5.41, 5.74) is 3.58. The molecule has 164 valence electrons. The highest BCUT2D eigenvalue weighted by molar-refractivity contribution is 6.58. The number of aromatic hydroxyl groups is 1. The van der Waals surface area contributed by atoms with Crippen LogP contribution in [0.2, 0.25) is 5.02 Å². The highest BCUT2D eigenvalue weighted by Gasteiger charge is 2.29. The first-order valence-electron chi connectivity index (χ1n) is 10.5. The summed E-state index contributed by atoms with van der Waals surface area (Å²) in [4.78, 5) is 25.4. The second kappa shape index (κ2) is 8.64. The summed E-state index contributed by atoms with van der Waals surface area (Å²) >= 11 is 6.19. The number of rotatable bonds is 5. The number of hydrogen-bond donors (Lipinski definition) is 4. The molecule has 1 aromatic heterocycles. The largest absolute Gasteiger partial charge is 0.494 e. The van der Waals surface area contributed by atoms with Gasteiger partial charge in [0.05, 0.1) is 11.3 Å². The van der Waals surface area contributed by atoms with Crippen molar-refractivity contribution < 1.29 is 14.7 Å². The summed E-state index contributed by atoms with van der Waals surface area (Å²) in [5, 5.41) is 22.4. The number of oxime groups is 1. The van der Waals surface area contributed by atoms with Crippen LogP contribution >= 0.6 is 11.6 Å². The lowest BCUT2D eigenvalue weighted by atomic mass is 10.0. The Morgan fingerprint density at radius 2 is 2.06 bits per heavy atom. The van der Waals surface area contributed by atoms with Crippen molar-refractivity contribution in [2.45, 2.75) is 18.9 Å². The van der Waals surface area contributed by atoms with E-state index in [1.54, 1.807) is 18.2 Å². The molecule has 2 aromatic carbocycles. The number of piperidine rings is 1. The fourth-order valence-electron chi connectivity index (χ4n) is 4.12. The van der Waals surface area contributed by atoms with E-state index in [4.69, 9.17) is 16.4 Å². The Hall–Kier alpha value is -3.36. The van der Waals surface area contributed by atoms with Crippen LogP contribution < -0.4 is 10.6 Å². The smallest absolute Gasteiger partial charge is 0.260 e. The number of aromatic nitrogens is 1. The maximum atomic E-state index is 12.3. The number of halogens is 1. The van der Waals surface area contributed by atoms with E-state index >= 15 is 0 Å². The molecule has 0 aliphatic carbocycles. The first kappa shape index (κ1) is 20.5. The van der Waals surface area contributed by atoms with Crippen LogP contribution in [-0.2, 0) is 9.63 Å². The molecule has 4 N–H and O–H groups in total. The van der Waals surface area contributed by atoms with Gasteiger partial charge in [-0.2, -0.15) is 0 Å². The monoisotopic (exact) mass is 451 g/mol. The van der Waals surface area contributed by atoms with E-state index in [0.717, 1.165) is 42.4 Å². The molecule has 0 saturated carbocycles. The van der Waals surface area contributed by atoms with Crippen LogP contribution in [0.3, 0.4) is 0 Å². The Morgan fingerprint density at radius 1 is 1.25 bits per heavy atom. The van der Waals surface area contributed by atoms with Crippen molar-refractivity contribution in [3.05, 3.63) is 58.6 Å². The number of nitrogens with zero attached hydrogens (tertiary/aromatic N) is 2. The van der Waals surface area contributed by atoms with Gasteiger partial charge in [0.15, 0.2) is 12.5 Å². The number of amides is 1. The van der Waals surface area contributed by atoms with E-state index in [0.29, 0.717) is 27.7 Å². The summed E-state index contributed by atoms with van der Waals surface area (Å²) < 4.78 is 0. The van der Waals surface area contributed by atoms with Crippen molar-refractivity contribution in [2.75, 3.05) is 19.7 Å². The topological polar surface area (TPSA) is 111 Å². The van der Waals surface area contributed by atoms with Gasteiger partial charge in [0.25, 0.3) is 5.91 Å². The zero-order valence-corrected chi connectivity index (χ0v) is 17.9. The molecule has 1 amide bonds. The van der Waals surface area contributed by atoms with Crippen molar-refractivity contribution in [1.82, 2.24) is 15.6 Å². The third-order valence-corrected chi connectivity index (χ3v) is 5.88. The molecule has 9 heteroatoms. The first-order chi connectivity index (χ1) is 15.6. The predicted octanol–water partition coefficient (Wildman–Crippen LogP) is 3.25. The quantitative estimate of drug-likeness (QED) is 0.446. The van der Waals surface area contributed by atoms with Gasteiger partial charge in [-0.25, -0.2) is 4.99 Å². The maximum absolute atomic E-state index is 12.3. The lowest BCUT2D eigenvalue weighted by Crippen LogP contribution is -2.43. The summed E-state index contributed by atoms with van der Waals surface area (Å²) in [7, 11) is 0. The molecule has 0 unspecified atom stereocenters. The van der Waals surface area contributed by atoms with Gasteiger partial charge in [-0.15, -0.1) is 0 Å². The number of carbonyl (C=O) groups excluding carboxylic acids is 1. The van der Waals surface area contributed by atoms with Gasteiger partial charge in [0.2, 0.25) is 0 Å². The van der Waals surface area contributed by atoms with Gasteiger partial charge in [0.1, 0.15) is 11.4 Å². The van der Waals surface area contributed by atoms with E-state index in [1.807, 2.05) is 24.3 Å². The van der Waals surface area contributed by atoms with Gasteiger partial charge in [-0.05, 0) is 50.2 Å². The zero-order valence-electron chi connectivity index (χ0n) is 17.2. The molecule has 1 fully saturated rings. The Balaban J connectivity index is 1.42. The minimum atomic E-state index is -0.215. The Morgan fingerprint density at radius 3 is 2.91 bits per heavy atom. The standard InChI is InChI=1S/C23H22ClN5O3/c24-13-5-6-18-16(11-13)20(23(31)28-18)22-21(15-3-1-2-4-17(15)27-22)29-32-12-19(30)26-14-7-9-25-10-8-14/h1-6,11,14,25,28,31H,7-10,12H2,(H,26,30). The molecular weight excluding hydrogens is 430 g/mol.